The molecular formula is C16H26IN5OS. The summed E-state index contributed by atoms with van der Waals surface area (Å²) in [6, 6.07) is 0.511. The van der Waals surface area contributed by atoms with Gasteiger partial charge >= 0.3 is 0 Å². The van der Waals surface area contributed by atoms with Gasteiger partial charge < -0.3 is 15.1 Å². The van der Waals surface area contributed by atoms with Crippen LogP contribution in [0.1, 0.15) is 28.4 Å². The van der Waals surface area contributed by atoms with Gasteiger partial charge in [0.1, 0.15) is 0 Å². The van der Waals surface area contributed by atoms with Gasteiger partial charge in [-0.25, -0.2) is 4.98 Å². The number of aliphatic imine (C=N–C) groups is 1. The Morgan fingerprint density at radius 3 is 2.67 bits per heavy atom. The molecule has 1 aromatic rings. The maximum absolute atomic E-state index is 12.2. The van der Waals surface area contributed by atoms with Crippen LogP contribution in [0.15, 0.2) is 4.99 Å². The van der Waals surface area contributed by atoms with Gasteiger partial charge in [-0.1, -0.05) is 0 Å². The first-order chi connectivity index (χ1) is 11.1. The molecule has 0 unspecified atom stereocenters. The first-order valence-corrected chi connectivity index (χ1v) is 9.08. The van der Waals surface area contributed by atoms with E-state index >= 15 is 0 Å². The van der Waals surface area contributed by atoms with Crippen LogP contribution in [0.2, 0.25) is 0 Å². The minimum absolute atomic E-state index is 0. The zero-order valence-electron chi connectivity index (χ0n) is 14.5. The number of amides is 1. The van der Waals surface area contributed by atoms with Crippen molar-refractivity contribution in [2.24, 2.45) is 4.99 Å². The van der Waals surface area contributed by atoms with Crippen LogP contribution in [0, 0.1) is 13.8 Å². The normalized spacial score (nSPS) is 18.6. The molecule has 1 aromatic heterocycles. The number of hydrogen-bond donors (Lipinski definition) is 1. The number of carbonyl (C=O) groups is 1. The monoisotopic (exact) mass is 463 g/mol. The highest BCUT2D eigenvalue weighted by Gasteiger charge is 2.36. The Hall–Kier alpha value is -0.900. The summed E-state index contributed by atoms with van der Waals surface area (Å²) in [4.78, 5) is 26.5. The third-order valence-electron chi connectivity index (χ3n) is 4.39. The van der Waals surface area contributed by atoms with Gasteiger partial charge in [0.05, 0.1) is 17.2 Å². The fourth-order valence-corrected chi connectivity index (χ4v) is 4.00. The molecule has 8 heteroatoms. The van der Waals surface area contributed by atoms with Crippen molar-refractivity contribution < 1.29 is 4.79 Å². The SMILES string of the molecule is CN=C(NCCc1sc(C)nc1C)N1CCN(C2CC2)C(=O)C1.I. The zero-order valence-corrected chi connectivity index (χ0v) is 17.7. The topological polar surface area (TPSA) is 60.8 Å². The van der Waals surface area contributed by atoms with Gasteiger partial charge in [-0.05, 0) is 26.7 Å². The fraction of sp³-hybridized carbons (Fsp3) is 0.688. The second-order valence-electron chi connectivity index (χ2n) is 6.21. The number of halogens is 1. The molecule has 1 saturated heterocycles. The molecule has 24 heavy (non-hydrogen) atoms. The summed E-state index contributed by atoms with van der Waals surface area (Å²) in [6.07, 6.45) is 3.28. The summed E-state index contributed by atoms with van der Waals surface area (Å²) in [6.45, 7) is 7.03. The Bertz CT molecular complexity index is 614. The highest BCUT2D eigenvalue weighted by molar-refractivity contribution is 14.0. The van der Waals surface area contributed by atoms with Gasteiger partial charge in [0, 0.05) is 44.0 Å². The Kier molecular flexibility index (Phi) is 6.85. The van der Waals surface area contributed by atoms with Crippen LogP contribution in [0.3, 0.4) is 0 Å². The lowest BCUT2D eigenvalue weighted by atomic mass is 10.3. The summed E-state index contributed by atoms with van der Waals surface area (Å²) >= 11 is 1.75. The van der Waals surface area contributed by atoms with Gasteiger partial charge in [-0.15, -0.1) is 35.3 Å². The van der Waals surface area contributed by atoms with E-state index in [2.05, 4.69) is 27.1 Å². The van der Waals surface area contributed by atoms with Crippen LogP contribution >= 0.6 is 35.3 Å². The van der Waals surface area contributed by atoms with Crippen LogP contribution in [-0.4, -0.2) is 65.9 Å². The van der Waals surface area contributed by atoms with Crippen molar-refractivity contribution in [3.63, 3.8) is 0 Å². The molecule has 0 atom stereocenters. The number of piperazine rings is 1. The Balaban J connectivity index is 0.00000208. The van der Waals surface area contributed by atoms with Crippen LogP contribution in [0.25, 0.3) is 0 Å². The van der Waals surface area contributed by atoms with Crippen molar-refractivity contribution >= 4 is 47.2 Å². The van der Waals surface area contributed by atoms with Gasteiger partial charge in [0.25, 0.3) is 0 Å². The van der Waals surface area contributed by atoms with Crippen LogP contribution < -0.4 is 5.32 Å². The molecule has 0 spiro atoms. The van der Waals surface area contributed by atoms with Crippen molar-refractivity contribution in [3.8, 4) is 0 Å². The molecule has 2 aliphatic rings. The van der Waals surface area contributed by atoms with E-state index in [-0.39, 0.29) is 29.9 Å². The van der Waals surface area contributed by atoms with Crippen molar-refractivity contribution in [3.05, 3.63) is 15.6 Å². The van der Waals surface area contributed by atoms with E-state index in [0.717, 1.165) is 42.7 Å². The number of aryl methyl sites for hydroxylation is 2. The van der Waals surface area contributed by atoms with Crippen LogP contribution in [0.5, 0.6) is 0 Å². The van der Waals surface area contributed by atoms with Gasteiger partial charge in [0.2, 0.25) is 5.91 Å². The quantitative estimate of drug-likeness (QED) is 0.421. The number of hydrogen-bond acceptors (Lipinski definition) is 4. The van der Waals surface area contributed by atoms with Crippen molar-refractivity contribution in [1.82, 2.24) is 20.1 Å². The summed E-state index contributed by atoms with van der Waals surface area (Å²) in [5, 5.41) is 4.50. The van der Waals surface area contributed by atoms with Crippen LogP contribution in [0.4, 0.5) is 0 Å². The zero-order chi connectivity index (χ0) is 16.4. The highest BCUT2D eigenvalue weighted by Crippen LogP contribution is 2.28. The molecule has 1 aliphatic heterocycles. The van der Waals surface area contributed by atoms with Crippen LogP contribution in [-0.2, 0) is 11.2 Å². The summed E-state index contributed by atoms with van der Waals surface area (Å²) in [5.41, 5.74) is 1.12. The van der Waals surface area contributed by atoms with E-state index in [1.54, 1.807) is 18.4 Å². The number of carbonyl (C=O) groups excluding carboxylic acids is 1. The Morgan fingerprint density at radius 2 is 2.12 bits per heavy atom. The second kappa shape index (κ2) is 8.46. The summed E-state index contributed by atoms with van der Waals surface area (Å²) in [5.74, 6) is 1.06. The number of aromatic nitrogens is 1. The maximum atomic E-state index is 12.2. The Morgan fingerprint density at radius 1 is 1.38 bits per heavy atom. The first-order valence-electron chi connectivity index (χ1n) is 8.26. The molecule has 6 nitrogen and oxygen atoms in total. The van der Waals surface area contributed by atoms with E-state index in [1.807, 2.05) is 11.8 Å². The molecular weight excluding hydrogens is 437 g/mol. The summed E-state index contributed by atoms with van der Waals surface area (Å²) in [7, 11) is 1.78. The number of nitrogens with zero attached hydrogens (tertiary/aromatic N) is 4. The second-order valence-corrected chi connectivity index (χ2v) is 7.49. The van der Waals surface area contributed by atoms with Gasteiger partial charge in [0.15, 0.2) is 5.96 Å². The van der Waals surface area contributed by atoms with Crippen molar-refractivity contribution in [1.29, 1.82) is 0 Å². The molecule has 2 fully saturated rings. The molecule has 1 N–H and O–H groups in total. The van der Waals surface area contributed by atoms with E-state index < -0.39 is 0 Å². The molecule has 3 rings (SSSR count). The maximum Gasteiger partial charge on any atom is 0.242 e. The van der Waals surface area contributed by atoms with E-state index in [4.69, 9.17) is 0 Å². The first kappa shape index (κ1) is 19.4. The average Bonchev–Trinajstić information content (AvgIpc) is 3.29. The third kappa shape index (κ3) is 4.59. The number of thiazole rings is 1. The van der Waals surface area contributed by atoms with Crippen molar-refractivity contribution in [2.75, 3.05) is 33.2 Å². The predicted molar refractivity (Wildman–Crippen MR) is 108 cm³/mol. The summed E-state index contributed by atoms with van der Waals surface area (Å²) < 4.78 is 0. The molecule has 1 saturated carbocycles. The smallest absolute Gasteiger partial charge is 0.242 e. The molecule has 1 amide bonds. The standard InChI is InChI=1S/C16H25N5OS.HI/c1-11-14(23-12(2)19-11)6-7-18-16(17-3)20-8-9-21(13-4-5-13)15(22)10-20;/h13H,4-10H2,1-3H3,(H,17,18);1H. The number of nitrogens with one attached hydrogen (secondary N) is 1. The highest BCUT2D eigenvalue weighted by atomic mass is 127. The van der Waals surface area contributed by atoms with E-state index in [1.165, 1.54) is 17.7 Å². The Labute approximate surface area is 164 Å². The minimum atomic E-state index is 0. The molecule has 2 heterocycles. The van der Waals surface area contributed by atoms with E-state index in [0.29, 0.717) is 12.6 Å². The third-order valence-corrected chi connectivity index (χ3v) is 5.52. The molecule has 0 aromatic carbocycles. The largest absolute Gasteiger partial charge is 0.356 e. The molecule has 1 aliphatic carbocycles. The predicted octanol–water partition coefficient (Wildman–Crippen LogP) is 1.80. The molecule has 134 valence electrons. The average molecular weight is 463 g/mol. The molecule has 0 radical (unpaired) electrons. The van der Waals surface area contributed by atoms with Gasteiger partial charge in [-0.2, -0.15) is 0 Å². The minimum Gasteiger partial charge on any atom is -0.356 e. The number of guanidine groups is 1. The lowest BCUT2D eigenvalue weighted by molar-refractivity contribution is -0.135. The number of rotatable bonds is 4. The van der Waals surface area contributed by atoms with E-state index in [9.17, 15) is 4.79 Å². The van der Waals surface area contributed by atoms with Crippen molar-refractivity contribution in [2.45, 2.75) is 39.2 Å². The lowest BCUT2D eigenvalue weighted by Crippen LogP contribution is -2.55. The molecule has 0 bridgehead atoms. The van der Waals surface area contributed by atoms with Gasteiger partial charge in [-0.3, -0.25) is 9.79 Å². The lowest BCUT2D eigenvalue weighted by Gasteiger charge is -2.36. The fourth-order valence-electron chi connectivity index (χ4n) is 3.07.